The number of rotatable bonds is 2. The van der Waals surface area contributed by atoms with Crippen LogP contribution in [-0.2, 0) is 18.4 Å². The molecule has 0 saturated heterocycles. The van der Waals surface area contributed by atoms with Crippen LogP contribution in [0.5, 0.6) is 0 Å². The maximum Gasteiger partial charge on any atom is 0.251 e. The first-order chi connectivity index (χ1) is 8.36. The van der Waals surface area contributed by atoms with Crippen LogP contribution in [0.25, 0.3) is 0 Å². The third-order valence-corrected chi connectivity index (χ3v) is 3.56. The molecule has 1 aliphatic rings. The lowest BCUT2D eigenvalue weighted by molar-refractivity contribution is 0.0820. The summed E-state index contributed by atoms with van der Waals surface area (Å²) in [6, 6.07) is 6.48. The lowest BCUT2D eigenvalue weighted by atomic mass is 9.84. The van der Waals surface area contributed by atoms with Gasteiger partial charge in [0.2, 0.25) is 0 Å². The lowest BCUT2D eigenvalue weighted by Gasteiger charge is -2.30. The molecule has 0 atom stereocenters. The van der Waals surface area contributed by atoms with Gasteiger partial charge in [0.05, 0.1) is 6.54 Å². The largest absolute Gasteiger partial charge is 0.293 e. The molecule has 1 heterocycles. The minimum Gasteiger partial charge on any atom is -0.293 e. The maximum atomic E-state index is 12.4. The molecule has 0 aliphatic carbocycles. The Morgan fingerprint density at radius 1 is 1.22 bits per heavy atom. The molecule has 2 rings (SSSR count). The third-order valence-electron chi connectivity index (χ3n) is 3.56. The van der Waals surface area contributed by atoms with Crippen LogP contribution in [0.15, 0.2) is 18.2 Å². The molecule has 0 bridgehead atoms. The molecule has 1 aliphatic heterocycles. The van der Waals surface area contributed by atoms with E-state index in [1.165, 1.54) is 16.7 Å². The van der Waals surface area contributed by atoms with Gasteiger partial charge in [0, 0.05) is 13.1 Å². The van der Waals surface area contributed by atoms with Crippen molar-refractivity contribution in [2.24, 2.45) is 0 Å². The number of alkyl halides is 2. The molecule has 0 N–H and O–H groups in total. The number of benzene rings is 1. The van der Waals surface area contributed by atoms with Gasteiger partial charge in [-0.3, -0.25) is 4.90 Å². The van der Waals surface area contributed by atoms with Gasteiger partial charge >= 0.3 is 0 Å². The highest BCUT2D eigenvalue weighted by Crippen LogP contribution is 2.27. The van der Waals surface area contributed by atoms with Crippen LogP contribution >= 0.6 is 0 Å². The van der Waals surface area contributed by atoms with Crippen LogP contribution < -0.4 is 0 Å². The molecule has 3 heteroatoms. The third kappa shape index (κ3) is 3.08. The molecule has 0 radical (unpaired) electrons. The van der Waals surface area contributed by atoms with Gasteiger partial charge < -0.3 is 0 Å². The Bertz CT molecular complexity index is 421. The minimum absolute atomic E-state index is 0.111. The second-order valence-corrected chi connectivity index (χ2v) is 6.11. The van der Waals surface area contributed by atoms with Crippen molar-refractivity contribution in [2.45, 2.75) is 45.6 Å². The molecule has 0 saturated carbocycles. The summed E-state index contributed by atoms with van der Waals surface area (Å²) >= 11 is 0. The Balaban J connectivity index is 2.16. The van der Waals surface area contributed by atoms with Crippen molar-refractivity contribution in [3.63, 3.8) is 0 Å². The average Bonchev–Trinajstić information content (AvgIpc) is 2.26. The van der Waals surface area contributed by atoms with E-state index in [1.807, 2.05) is 4.90 Å². The van der Waals surface area contributed by atoms with E-state index in [9.17, 15) is 8.78 Å². The molecule has 0 aromatic heterocycles. The Hall–Kier alpha value is -0.960. The van der Waals surface area contributed by atoms with Gasteiger partial charge in [-0.15, -0.1) is 0 Å². The van der Waals surface area contributed by atoms with Crippen molar-refractivity contribution in [2.75, 3.05) is 13.1 Å². The van der Waals surface area contributed by atoms with E-state index in [2.05, 4.69) is 39.0 Å². The number of fused-ring (bicyclic) bond motifs is 1. The smallest absolute Gasteiger partial charge is 0.251 e. The molecule has 0 amide bonds. The van der Waals surface area contributed by atoms with Gasteiger partial charge in [-0.05, 0) is 28.5 Å². The van der Waals surface area contributed by atoms with Crippen molar-refractivity contribution in [3.8, 4) is 0 Å². The van der Waals surface area contributed by atoms with Gasteiger partial charge in [0.25, 0.3) is 6.43 Å². The van der Waals surface area contributed by atoms with Crippen LogP contribution in [0.2, 0.25) is 0 Å². The zero-order chi connectivity index (χ0) is 13.3. The zero-order valence-corrected chi connectivity index (χ0v) is 11.3. The second kappa shape index (κ2) is 4.96. The molecular formula is C15H21F2N. The highest BCUT2D eigenvalue weighted by Gasteiger charge is 2.21. The first-order valence-corrected chi connectivity index (χ1v) is 6.49. The summed E-state index contributed by atoms with van der Waals surface area (Å²) in [5, 5.41) is 0. The van der Waals surface area contributed by atoms with E-state index in [-0.39, 0.29) is 12.0 Å². The SMILES string of the molecule is CC(C)(C)c1ccc2c(c1)CCN(CC(F)F)C2. The number of hydrogen-bond acceptors (Lipinski definition) is 1. The summed E-state index contributed by atoms with van der Waals surface area (Å²) in [7, 11) is 0. The summed E-state index contributed by atoms with van der Waals surface area (Å²) in [6.45, 7) is 7.87. The quantitative estimate of drug-likeness (QED) is 0.778. The van der Waals surface area contributed by atoms with Crippen LogP contribution in [-0.4, -0.2) is 24.4 Å². The van der Waals surface area contributed by atoms with E-state index < -0.39 is 6.43 Å². The highest BCUT2D eigenvalue weighted by atomic mass is 19.3. The van der Waals surface area contributed by atoms with Crippen LogP contribution in [0, 0.1) is 0 Å². The molecule has 1 aromatic rings. The lowest BCUT2D eigenvalue weighted by Crippen LogP contribution is -2.34. The van der Waals surface area contributed by atoms with E-state index in [4.69, 9.17) is 0 Å². The second-order valence-electron chi connectivity index (χ2n) is 6.11. The van der Waals surface area contributed by atoms with Crippen LogP contribution in [0.3, 0.4) is 0 Å². The van der Waals surface area contributed by atoms with Crippen molar-refractivity contribution in [1.82, 2.24) is 4.90 Å². The first-order valence-electron chi connectivity index (χ1n) is 6.49. The highest BCUT2D eigenvalue weighted by molar-refractivity contribution is 5.36. The molecule has 0 fully saturated rings. The van der Waals surface area contributed by atoms with Crippen molar-refractivity contribution >= 4 is 0 Å². The molecular weight excluding hydrogens is 232 g/mol. The fourth-order valence-corrected chi connectivity index (χ4v) is 2.43. The molecule has 1 aromatic carbocycles. The van der Waals surface area contributed by atoms with Crippen molar-refractivity contribution in [1.29, 1.82) is 0 Å². The predicted octanol–water partition coefficient (Wildman–Crippen LogP) is 3.61. The average molecular weight is 253 g/mol. The summed E-state index contributed by atoms with van der Waals surface area (Å²) < 4.78 is 24.7. The van der Waals surface area contributed by atoms with Crippen LogP contribution in [0.1, 0.15) is 37.5 Å². The van der Waals surface area contributed by atoms with E-state index in [1.54, 1.807) is 0 Å². The first kappa shape index (κ1) is 13.5. The summed E-state index contributed by atoms with van der Waals surface area (Å²) in [4.78, 5) is 1.84. The Kier molecular flexibility index (Phi) is 3.71. The normalized spacial score (nSPS) is 17.0. The zero-order valence-electron chi connectivity index (χ0n) is 11.3. The summed E-state index contributed by atoms with van der Waals surface area (Å²) in [6.07, 6.45) is -1.35. The standard InChI is InChI=1S/C15H21F2N/c1-15(2,3)13-5-4-12-9-18(10-14(16)17)7-6-11(12)8-13/h4-5,8,14H,6-7,9-10H2,1-3H3. The topological polar surface area (TPSA) is 3.24 Å². The molecule has 1 nitrogen and oxygen atoms in total. The van der Waals surface area contributed by atoms with E-state index in [0.29, 0.717) is 6.54 Å². The Morgan fingerprint density at radius 3 is 2.56 bits per heavy atom. The van der Waals surface area contributed by atoms with Gasteiger partial charge in [0.1, 0.15) is 0 Å². The predicted molar refractivity (Wildman–Crippen MR) is 70.1 cm³/mol. The fraction of sp³-hybridized carbons (Fsp3) is 0.600. The summed E-state index contributed by atoms with van der Waals surface area (Å²) in [5.41, 5.74) is 4.00. The molecule has 18 heavy (non-hydrogen) atoms. The monoisotopic (exact) mass is 253 g/mol. The van der Waals surface area contributed by atoms with Crippen molar-refractivity contribution in [3.05, 3.63) is 34.9 Å². The molecule has 0 spiro atoms. The molecule has 100 valence electrons. The maximum absolute atomic E-state index is 12.4. The Labute approximate surface area is 108 Å². The van der Waals surface area contributed by atoms with Crippen LogP contribution in [0.4, 0.5) is 8.78 Å². The van der Waals surface area contributed by atoms with Gasteiger partial charge in [-0.2, -0.15) is 0 Å². The van der Waals surface area contributed by atoms with Gasteiger partial charge in [0.15, 0.2) is 0 Å². The minimum atomic E-state index is -2.24. The summed E-state index contributed by atoms with van der Waals surface area (Å²) in [5.74, 6) is 0. The van der Waals surface area contributed by atoms with E-state index in [0.717, 1.165) is 13.0 Å². The number of halogens is 2. The molecule has 0 unspecified atom stereocenters. The van der Waals surface area contributed by atoms with Gasteiger partial charge in [-0.1, -0.05) is 39.0 Å². The Morgan fingerprint density at radius 2 is 1.94 bits per heavy atom. The fourth-order valence-electron chi connectivity index (χ4n) is 2.43. The van der Waals surface area contributed by atoms with Crippen molar-refractivity contribution < 1.29 is 8.78 Å². The van der Waals surface area contributed by atoms with Gasteiger partial charge in [-0.25, -0.2) is 8.78 Å². The van der Waals surface area contributed by atoms with E-state index >= 15 is 0 Å². The number of hydrogen-bond donors (Lipinski definition) is 0. The number of nitrogens with zero attached hydrogens (tertiary/aromatic N) is 1.